The van der Waals surface area contributed by atoms with Crippen LogP contribution in [-0.4, -0.2) is 11.6 Å². The molecule has 2 aromatic carbocycles. The van der Waals surface area contributed by atoms with Gasteiger partial charge >= 0.3 is 0 Å². The van der Waals surface area contributed by atoms with Crippen LogP contribution in [0.3, 0.4) is 0 Å². The predicted octanol–water partition coefficient (Wildman–Crippen LogP) is 2.90. The van der Waals surface area contributed by atoms with Gasteiger partial charge in [0, 0.05) is 5.56 Å². The monoisotopic (exact) mass is 240 g/mol. The normalized spacial score (nSPS) is 15.6. The van der Waals surface area contributed by atoms with Crippen molar-refractivity contribution in [3.63, 3.8) is 0 Å². The molecule has 0 aromatic heterocycles. The van der Waals surface area contributed by atoms with Crippen molar-refractivity contribution in [3.8, 4) is 0 Å². The minimum atomic E-state index is -0.442. The van der Waals surface area contributed by atoms with Gasteiger partial charge in [-0.15, -0.1) is 0 Å². The third kappa shape index (κ3) is 1.68. The van der Waals surface area contributed by atoms with Crippen LogP contribution < -0.4 is 5.32 Å². The zero-order valence-corrected chi connectivity index (χ0v) is 9.35. The molecule has 0 fully saturated rings. The highest BCUT2D eigenvalue weighted by molar-refractivity contribution is 6.54. The van der Waals surface area contributed by atoms with E-state index in [1.807, 2.05) is 12.1 Å². The van der Waals surface area contributed by atoms with Crippen molar-refractivity contribution in [2.45, 2.75) is 0 Å². The first-order valence-electron chi connectivity index (χ1n) is 5.50. The quantitative estimate of drug-likeness (QED) is 0.818. The number of halogens is 1. The number of nitrogens with one attached hydrogen (secondary N) is 1. The van der Waals surface area contributed by atoms with E-state index in [4.69, 9.17) is 0 Å². The number of hydrogen-bond donors (Lipinski definition) is 1. The number of rotatable bonds is 1. The average Bonchev–Trinajstić information content (AvgIpc) is 2.69. The van der Waals surface area contributed by atoms with Crippen molar-refractivity contribution in [1.82, 2.24) is 0 Å². The highest BCUT2D eigenvalue weighted by atomic mass is 19.1. The number of anilines is 1. The molecule has 3 rings (SSSR count). The number of carbonyl (C=O) groups is 1. The molecule has 0 unspecified atom stereocenters. The molecule has 1 aliphatic heterocycles. The van der Waals surface area contributed by atoms with Crippen molar-refractivity contribution in [1.29, 1.82) is 0 Å². The number of aliphatic imine (C=N–C) groups is 1. The fourth-order valence-corrected chi connectivity index (χ4v) is 1.88. The summed E-state index contributed by atoms with van der Waals surface area (Å²) in [7, 11) is 0. The molecule has 0 saturated carbocycles. The molecule has 1 amide bonds. The molecule has 1 heterocycles. The first-order chi connectivity index (χ1) is 8.75. The van der Waals surface area contributed by atoms with Crippen LogP contribution in [0.25, 0.3) is 0 Å². The van der Waals surface area contributed by atoms with E-state index in [-0.39, 0.29) is 17.3 Å². The van der Waals surface area contributed by atoms with Crippen molar-refractivity contribution in [2.75, 3.05) is 5.32 Å². The lowest BCUT2D eigenvalue weighted by Gasteiger charge is -1.98. The Balaban J connectivity index is 2.13. The molecule has 1 N–H and O–H groups in total. The maximum Gasteiger partial charge on any atom is 0.275 e. The van der Waals surface area contributed by atoms with Crippen LogP contribution in [0.1, 0.15) is 5.56 Å². The Hall–Kier alpha value is -2.49. The van der Waals surface area contributed by atoms with E-state index in [1.54, 1.807) is 24.3 Å². The average molecular weight is 240 g/mol. The lowest BCUT2D eigenvalue weighted by molar-refractivity contribution is -0.110. The second-order valence-electron chi connectivity index (χ2n) is 3.91. The second-order valence-corrected chi connectivity index (χ2v) is 3.91. The zero-order valence-electron chi connectivity index (χ0n) is 9.35. The van der Waals surface area contributed by atoms with Gasteiger partial charge in [-0.1, -0.05) is 30.3 Å². The fourth-order valence-electron chi connectivity index (χ4n) is 1.88. The van der Waals surface area contributed by atoms with Gasteiger partial charge in [-0.2, -0.15) is 0 Å². The topological polar surface area (TPSA) is 41.5 Å². The summed E-state index contributed by atoms with van der Waals surface area (Å²) in [6.07, 6.45) is 0. The molecule has 1 aliphatic rings. The predicted molar refractivity (Wildman–Crippen MR) is 67.7 cm³/mol. The highest BCUT2D eigenvalue weighted by Gasteiger charge is 2.25. The maximum absolute atomic E-state index is 13.5. The fraction of sp³-hybridized carbons (Fsp3) is 0. The first-order valence-corrected chi connectivity index (χ1v) is 5.50. The number of carbonyl (C=O) groups excluding carboxylic acids is 1. The number of hydrogen-bond acceptors (Lipinski definition) is 2. The second kappa shape index (κ2) is 4.07. The van der Waals surface area contributed by atoms with Crippen molar-refractivity contribution in [2.24, 2.45) is 4.99 Å². The van der Waals surface area contributed by atoms with E-state index in [0.717, 1.165) is 0 Å². The summed E-state index contributed by atoms with van der Waals surface area (Å²) in [6, 6.07) is 13.3. The van der Waals surface area contributed by atoms with E-state index in [1.165, 1.54) is 12.1 Å². The lowest BCUT2D eigenvalue weighted by Crippen LogP contribution is -2.14. The number of fused-ring (bicyclic) bond motifs is 1. The molecule has 0 spiro atoms. The van der Waals surface area contributed by atoms with Crippen LogP contribution in [0.2, 0.25) is 0 Å². The van der Waals surface area contributed by atoms with Crippen LogP contribution in [0, 0.1) is 5.82 Å². The van der Waals surface area contributed by atoms with Crippen molar-refractivity contribution in [3.05, 3.63) is 59.9 Å². The summed E-state index contributed by atoms with van der Waals surface area (Å²) >= 11 is 0. The standard InChI is InChI=1S/C14H9FN2O/c15-10-6-2-4-8-12(10)16-13-9-5-1-3-7-11(9)17-14(13)18/h1-8H,(H,16,17,18). The maximum atomic E-state index is 13.5. The van der Waals surface area contributed by atoms with Gasteiger partial charge in [0.1, 0.15) is 11.5 Å². The Kier molecular flexibility index (Phi) is 2.41. The number of amides is 1. The molecule has 3 nitrogen and oxygen atoms in total. The van der Waals surface area contributed by atoms with Crippen molar-refractivity contribution >= 4 is 23.0 Å². The van der Waals surface area contributed by atoms with E-state index in [0.29, 0.717) is 11.3 Å². The summed E-state index contributed by atoms with van der Waals surface area (Å²) in [6.45, 7) is 0. The molecule has 0 saturated heterocycles. The Bertz CT molecular complexity index is 664. The summed E-state index contributed by atoms with van der Waals surface area (Å²) in [5, 5.41) is 2.70. The van der Waals surface area contributed by atoms with Gasteiger partial charge in [0.25, 0.3) is 5.91 Å². The molecule has 88 valence electrons. The van der Waals surface area contributed by atoms with Gasteiger partial charge in [-0.3, -0.25) is 4.79 Å². The van der Waals surface area contributed by atoms with Gasteiger partial charge in [-0.05, 0) is 18.2 Å². The molecular formula is C14H9FN2O. The molecule has 0 aliphatic carbocycles. The van der Waals surface area contributed by atoms with E-state index >= 15 is 0 Å². The van der Waals surface area contributed by atoms with Gasteiger partial charge in [-0.25, -0.2) is 9.38 Å². The van der Waals surface area contributed by atoms with Gasteiger partial charge in [0.2, 0.25) is 0 Å². The SMILES string of the molecule is O=C1Nc2ccccc2C1=Nc1ccccc1F. The van der Waals surface area contributed by atoms with E-state index < -0.39 is 5.82 Å². The number of para-hydroxylation sites is 2. The van der Waals surface area contributed by atoms with Crippen LogP contribution in [0.15, 0.2) is 53.5 Å². The first kappa shape index (κ1) is 10.7. The highest BCUT2D eigenvalue weighted by Crippen LogP contribution is 2.26. The molecule has 0 bridgehead atoms. The summed E-state index contributed by atoms with van der Waals surface area (Å²) in [5.74, 6) is -0.748. The third-order valence-electron chi connectivity index (χ3n) is 2.73. The summed E-state index contributed by atoms with van der Waals surface area (Å²) < 4.78 is 13.5. The van der Waals surface area contributed by atoms with Crippen LogP contribution >= 0.6 is 0 Å². The van der Waals surface area contributed by atoms with E-state index in [2.05, 4.69) is 10.3 Å². The van der Waals surface area contributed by atoms with Crippen LogP contribution in [0.4, 0.5) is 15.8 Å². The summed E-state index contributed by atoms with van der Waals surface area (Å²) in [5.41, 5.74) is 1.82. The molecule has 0 atom stereocenters. The number of nitrogens with zero attached hydrogens (tertiary/aromatic N) is 1. The molecular weight excluding hydrogens is 231 g/mol. The molecule has 18 heavy (non-hydrogen) atoms. The minimum Gasteiger partial charge on any atom is -0.320 e. The number of benzene rings is 2. The van der Waals surface area contributed by atoms with Crippen LogP contribution in [0.5, 0.6) is 0 Å². The third-order valence-corrected chi connectivity index (χ3v) is 2.73. The minimum absolute atomic E-state index is 0.166. The Morgan fingerprint density at radius 3 is 2.56 bits per heavy atom. The summed E-state index contributed by atoms with van der Waals surface area (Å²) in [4.78, 5) is 15.9. The smallest absolute Gasteiger partial charge is 0.275 e. The molecule has 0 radical (unpaired) electrons. The van der Waals surface area contributed by atoms with Crippen molar-refractivity contribution < 1.29 is 9.18 Å². The van der Waals surface area contributed by atoms with Gasteiger partial charge in [0.15, 0.2) is 0 Å². The Morgan fingerprint density at radius 1 is 1.00 bits per heavy atom. The van der Waals surface area contributed by atoms with Gasteiger partial charge in [0.05, 0.1) is 11.4 Å². The largest absolute Gasteiger partial charge is 0.320 e. The Labute approximate surface area is 103 Å². The lowest BCUT2D eigenvalue weighted by atomic mass is 10.1. The van der Waals surface area contributed by atoms with E-state index in [9.17, 15) is 9.18 Å². The van der Waals surface area contributed by atoms with Crippen LogP contribution in [-0.2, 0) is 4.79 Å². The molecule has 2 aromatic rings. The van der Waals surface area contributed by atoms with Gasteiger partial charge < -0.3 is 5.32 Å². The Morgan fingerprint density at radius 2 is 1.72 bits per heavy atom. The molecule has 4 heteroatoms. The zero-order chi connectivity index (χ0) is 12.5.